The fourth-order valence-electron chi connectivity index (χ4n) is 1.69. The van der Waals surface area contributed by atoms with E-state index in [1.54, 1.807) is 12.1 Å². The van der Waals surface area contributed by atoms with E-state index < -0.39 is 12.1 Å². The van der Waals surface area contributed by atoms with Crippen molar-refractivity contribution in [1.82, 2.24) is 4.90 Å². The van der Waals surface area contributed by atoms with Crippen LogP contribution in [0.4, 0.5) is 4.79 Å². The molecule has 1 aromatic rings. The van der Waals surface area contributed by atoms with Crippen LogP contribution >= 0.6 is 11.6 Å². The van der Waals surface area contributed by atoms with Crippen molar-refractivity contribution in [2.75, 3.05) is 13.2 Å². The Morgan fingerprint density at radius 2 is 2.00 bits per heavy atom. The Morgan fingerprint density at radius 3 is 2.57 bits per heavy atom. The summed E-state index contributed by atoms with van der Waals surface area (Å²) in [5, 5.41) is 9.28. The highest BCUT2D eigenvalue weighted by Crippen LogP contribution is 2.13. The number of halogens is 1. The minimum Gasteiger partial charge on any atom is -0.481 e. The summed E-state index contributed by atoms with van der Waals surface area (Å²) >= 11 is 5.82. The number of hydrogen-bond donors (Lipinski definition) is 1. The van der Waals surface area contributed by atoms with Crippen LogP contribution in [0, 0.1) is 0 Å². The Balaban J connectivity index is 2.65. The zero-order valence-corrected chi connectivity index (χ0v) is 12.4. The third-order valence-corrected chi connectivity index (χ3v) is 2.94. The highest BCUT2D eigenvalue weighted by Gasteiger charge is 2.15. The number of carboxylic acid groups (broad SMARTS) is 1. The van der Waals surface area contributed by atoms with Crippen LogP contribution in [0.3, 0.4) is 0 Å². The largest absolute Gasteiger partial charge is 0.481 e. The van der Waals surface area contributed by atoms with Gasteiger partial charge in [0.25, 0.3) is 0 Å². The second kappa shape index (κ2) is 9.02. The molecule has 1 rings (SSSR count). The first-order valence-corrected chi connectivity index (χ1v) is 6.89. The second-order valence-corrected chi connectivity index (χ2v) is 4.85. The van der Waals surface area contributed by atoms with Gasteiger partial charge in [0.05, 0.1) is 0 Å². The molecule has 0 spiro atoms. The molecule has 0 aromatic heterocycles. The number of amides is 1. The Labute approximate surface area is 128 Å². The zero-order valence-electron chi connectivity index (χ0n) is 11.6. The molecule has 1 aromatic carbocycles. The van der Waals surface area contributed by atoms with Crippen LogP contribution in [-0.2, 0) is 16.1 Å². The molecule has 0 bridgehead atoms. The monoisotopic (exact) mass is 311 g/mol. The van der Waals surface area contributed by atoms with Gasteiger partial charge >= 0.3 is 12.1 Å². The van der Waals surface area contributed by atoms with E-state index in [0.717, 1.165) is 5.56 Å². The van der Waals surface area contributed by atoms with E-state index in [1.807, 2.05) is 12.1 Å². The molecule has 114 valence electrons. The average Bonchev–Trinajstić information content (AvgIpc) is 2.45. The van der Waals surface area contributed by atoms with Crippen LogP contribution in [0.2, 0.25) is 5.02 Å². The lowest BCUT2D eigenvalue weighted by molar-refractivity contribution is -0.137. The Morgan fingerprint density at radius 1 is 1.33 bits per heavy atom. The van der Waals surface area contributed by atoms with Gasteiger partial charge in [0.1, 0.15) is 6.61 Å². The summed E-state index contributed by atoms with van der Waals surface area (Å²) in [7, 11) is 0. The van der Waals surface area contributed by atoms with Gasteiger partial charge in [0, 0.05) is 24.5 Å². The number of carbonyl (C=O) groups excluding carboxylic acids is 1. The molecule has 0 aliphatic rings. The van der Waals surface area contributed by atoms with Gasteiger partial charge in [-0.1, -0.05) is 36.4 Å². The van der Waals surface area contributed by atoms with Crippen molar-refractivity contribution in [1.29, 1.82) is 0 Å². The lowest BCUT2D eigenvalue weighted by Gasteiger charge is -2.21. The maximum atomic E-state index is 11.9. The molecule has 5 nitrogen and oxygen atoms in total. The first kappa shape index (κ1) is 17.0. The van der Waals surface area contributed by atoms with Crippen molar-refractivity contribution in [2.45, 2.75) is 19.4 Å². The first-order valence-electron chi connectivity index (χ1n) is 6.51. The van der Waals surface area contributed by atoms with E-state index in [1.165, 1.54) is 11.0 Å². The fraction of sp³-hybridized carbons (Fsp3) is 0.333. The summed E-state index contributed by atoms with van der Waals surface area (Å²) < 4.78 is 5.00. The molecule has 1 N–H and O–H groups in total. The Bertz CT molecular complexity index is 487. The van der Waals surface area contributed by atoms with Gasteiger partial charge in [0.15, 0.2) is 0 Å². The molecule has 0 unspecified atom stereocenters. The number of carbonyl (C=O) groups is 2. The number of nitrogens with zero attached hydrogens (tertiary/aromatic N) is 1. The SMILES string of the molecule is C=CCOC(=O)N(CCCC(=O)O)Cc1ccc(Cl)cc1. The quantitative estimate of drug-likeness (QED) is 0.748. The standard InChI is InChI=1S/C15H18ClNO4/c1-2-10-21-15(20)17(9-3-4-14(18)19)11-12-5-7-13(16)8-6-12/h2,5-8H,1,3-4,9-11H2,(H,18,19). The molecule has 0 radical (unpaired) electrons. The number of carboxylic acids is 1. The topological polar surface area (TPSA) is 66.8 Å². The van der Waals surface area contributed by atoms with Crippen LogP contribution in [0.1, 0.15) is 18.4 Å². The maximum Gasteiger partial charge on any atom is 0.410 e. The molecule has 0 aliphatic heterocycles. The van der Waals surface area contributed by atoms with E-state index >= 15 is 0 Å². The van der Waals surface area contributed by atoms with E-state index in [9.17, 15) is 9.59 Å². The third-order valence-electron chi connectivity index (χ3n) is 2.69. The molecule has 0 saturated heterocycles. The van der Waals surface area contributed by atoms with Crippen molar-refractivity contribution < 1.29 is 19.4 Å². The summed E-state index contributed by atoms with van der Waals surface area (Å²) in [6.45, 7) is 4.25. The number of rotatable bonds is 8. The molecule has 0 heterocycles. The highest BCUT2D eigenvalue weighted by molar-refractivity contribution is 6.30. The molecular weight excluding hydrogens is 294 g/mol. The van der Waals surface area contributed by atoms with Gasteiger partial charge in [-0.2, -0.15) is 0 Å². The zero-order chi connectivity index (χ0) is 15.7. The molecule has 1 amide bonds. The van der Waals surface area contributed by atoms with E-state index in [-0.39, 0.29) is 13.0 Å². The fourth-order valence-corrected chi connectivity index (χ4v) is 1.81. The van der Waals surface area contributed by atoms with Crippen LogP contribution in [0.15, 0.2) is 36.9 Å². The van der Waals surface area contributed by atoms with Crippen molar-refractivity contribution in [2.24, 2.45) is 0 Å². The third kappa shape index (κ3) is 6.81. The molecule has 21 heavy (non-hydrogen) atoms. The van der Waals surface area contributed by atoms with Gasteiger partial charge in [0.2, 0.25) is 0 Å². The van der Waals surface area contributed by atoms with Gasteiger partial charge in [-0.15, -0.1) is 0 Å². The molecule has 0 aliphatic carbocycles. The number of benzene rings is 1. The van der Waals surface area contributed by atoms with E-state index in [2.05, 4.69) is 6.58 Å². The number of aliphatic carboxylic acids is 1. The van der Waals surface area contributed by atoms with Crippen LogP contribution in [0.25, 0.3) is 0 Å². The second-order valence-electron chi connectivity index (χ2n) is 4.41. The van der Waals surface area contributed by atoms with Gasteiger partial charge in [-0.3, -0.25) is 4.79 Å². The summed E-state index contributed by atoms with van der Waals surface area (Å²) in [4.78, 5) is 24.0. The molecule has 0 atom stereocenters. The van der Waals surface area contributed by atoms with Crippen molar-refractivity contribution >= 4 is 23.7 Å². The average molecular weight is 312 g/mol. The van der Waals surface area contributed by atoms with Crippen molar-refractivity contribution in [3.05, 3.63) is 47.5 Å². The van der Waals surface area contributed by atoms with Crippen molar-refractivity contribution in [3.8, 4) is 0 Å². The maximum absolute atomic E-state index is 11.9. The number of ether oxygens (including phenoxy) is 1. The summed E-state index contributed by atoms with van der Waals surface area (Å²) in [5.74, 6) is -0.888. The summed E-state index contributed by atoms with van der Waals surface area (Å²) in [6, 6.07) is 7.10. The van der Waals surface area contributed by atoms with E-state index in [0.29, 0.717) is 24.5 Å². The van der Waals surface area contributed by atoms with Crippen LogP contribution in [-0.4, -0.2) is 35.2 Å². The predicted octanol–water partition coefficient (Wildman–Crippen LogP) is 3.33. The summed E-state index contributed by atoms with van der Waals surface area (Å²) in [5.41, 5.74) is 0.894. The Kier molecular flexibility index (Phi) is 7.32. The summed E-state index contributed by atoms with van der Waals surface area (Å²) in [6.07, 6.45) is 1.36. The first-order chi connectivity index (χ1) is 10.0. The Hall–Kier alpha value is -2.01. The van der Waals surface area contributed by atoms with Crippen molar-refractivity contribution in [3.63, 3.8) is 0 Å². The van der Waals surface area contributed by atoms with Gasteiger partial charge in [-0.05, 0) is 24.1 Å². The predicted molar refractivity (Wildman–Crippen MR) is 80.3 cm³/mol. The molecular formula is C15H18ClNO4. The van der Waals surface area contributed by atoms with E-state index in [4.69, 9.17) is 21.4 Å². The van der Waals surface area contributed by atoms with Gasteiger partial charge < -0.3 is 14.7 Å². The highest BCUT2D eigenvalue weighted by atomic mass is 35.5. The minimum absolute atomic E-state index is 0.00581. The molecule has 0 saturated carbocycles. The minimum atomic E-state index is -0.888. The normalized spacial score (nSPS) is 9.95. The lowest BCUT2D eigenvalue weighted by Crippen LogP contribution is -2.32. The molecule has 0 fully saturated rings. The van der Waals surface area contributed by atoms with Crippen LogP contribution < -0.4 is 0 Å². The number of hydrogen-bond acceptors (Lipinski definition) is 3. The molecule has 6 heteroatoms. The van der Waals surface area contributed by atoms with Crippen LogP contribution in [0.5, 0.6) is 0 Å². The smallest absolute Gasteiger partial charge is 0.410 e. The van der Waals surface area contributed by atoms with Gasteiger partial charge in [-0.25, -0.2) is 4.79 Å². The lowest BCUT2D eigenvalue weighted by atomic mass is 10.2.